The lowest BCUT2D eigenvalue weighted by Gasteiger charge is -2.42. The molecule has 2 aliphatic rings. The molecule has 0 aliphatic carbocycles. The standard InChI is InChI=1S/C19H25Cl2N3O3.C4H6O4.CH4/c1-27-19(26)23-8-9-24(15(13-23)12-22-6-2-3-7-22)18(25)11-14-4-5-16(20)17(21)10-14;1-2-3-4-6-8-7-5;/h4-5,10,15H,2-3,6-9,11-13H2,1H3;5H,4H2,1H3;1H4. The number of halogens is 2. The molecule has 1 unspecified atom stereocenters. The maximum absolute atomic E-state index is 13.0. The van der Waals surface area contributed by atoms with Gasteiger partial charge in [-0.15, -0.1) is 5.92 Å². The molecule has 1 aromatic carbocycles. The molecule has 0 bridgehead atoms. The maximum Gasteiger partial charge on any atom is 0.409 e. The number of amides is 2. The number of piperazine rings is 1. The van der Waals surface area contributed by atoms with E-state index in [4.69, 9.17) is 33.2 Å². The van der Waals surface area contributed by atoms with Crippen LogP contribution in [0, 0.1) is 11.8 Å². The topological polar surface area (TPSA) is 101 Å². The highest BCUT2D eigenvalue weighted by molar-refractivity contribution is 6.42. The van der Waals surface area contributed by atoms with Gasteiger partial charge in [0, 0.05) is 26.2 Å². The average molecular weight is 548 g/mol. The van der Waals surface area contributed by atoms with Gasteiger partial charge in [-0.05, 0) is 60.6 Å². The molecular weight excluding hydrogens is 513 g/mol. The van der Waals surface area contributed by atoms with E-state index in [0.29, 0.717) is 29.7 Å². The number of benzene rings is 1. The van der Waals surface area contributed by atoms with Gasteiger partial charge in [0.05, 0.1) is 29.6 Å². The van der Waals surface area contributed by atoms with E-state index in [-0.39, 0.29) is 38.5 Å². The molecule has 2 fully saturated rings. The number of carbonyl (C=O) groups excluding carboxylic acids is 2. The van der Waals surface area contributed by atoms with Crippen molar-refractivity contribution < 1.29 is 34.5 Å². The zero-order valence-corrected chi connectivity index (χ0v) is 21.4. The third kappa shape index (κ3) is 10.5. The molecule has 0 radical (unpaired) electrons. The molecule has 3 rings (SSSR count). The molecule has 2 aliphatic heterocycles. The fourth-order valence-electron chi connectivity index (χ4n) is 3.97. The van der Waals surface area contributed by atoms with Gasteiger partial charge in [-0.3, -0.25) is 4.79 Å². The number of carbonyl (C=O) groups is 2. The normalized spacial score (nSPS) is 17.3. The van der Waals surface area contributed by atoms with Gasteiger partial charge >= 0.3 is 6.09 Å². The number of likely N-dealkylation sites (tertiary alicyclic amines) is 1. The van der Waals surface area contributed by atoms with E-state index in [1.54, 1.807) is 24.0 Å². The maximum atomic E-state index is 13.0. The summed E-state index contributed by atoms with van der Waals surface area (Å²) in [7, 11) is 1.39. The van der Waals surface area contributed by atoms with Crippen LogP contribution in [0.15, 0.2) is 18.2 Å². The summed E-state index contributed by atoms with van der Waals surface area (Å²) in [6.45, 7) is 6.09. The highest BCUT2D eigenvalue weighted by Crippen LogP contribution is 2.24. The average Bonchev–Trinajstić information content (AvgIpc) is 3.37. The summed E-state index contributed by atoms with van der Waals surface area (Å²) < 4.78 is 4.87. The molecule has 0 aromatic heterocycles. The smallest absolute Gasteiger partial charge is 0.409 e. The van der Waals surface area contributed by atoms with Crippen molar-refractivity contribution in [2.45, 2.75) is 39.7 Å². The van der Waals surface area contributed by atoms with Crippen LogP contribution in [0.1, 0.15) is 32.8 Å². The Morgan fingerprint density at radius 2 is 1.86 bits per heavy atom. The minimum absolute atomic E-state index is 0. The number of methoxy groups -OCH3 is 1. The van der Waals surface area contributed by atoms with Crippen molar-refractivity contribution in [2.24, 2.45) is 0 Å². The van der Waals surface area contributed by atoms with Crippen LogP contribution in [-0.4, -0.2) is 91.0 Å². The van der Waals surface area contributed by atoms with E-state index in [1.807, 2.05) is 11.0 Å². The summed E-state index contributed by atoms with van der Waals surface area (Å²) in [5.41, 5.74) is 0.838. The molecule has 2 saturated heterocycles. The molecule has 2 heterocycles. The van der Waals surface area contributed by atoms with Crippen molar-refractivity contribution in [1.82, 2.24) is 14.7 Å². The number of hydrogen-bond donors (Lipinski definition) is 1. The Labute approximate surface area is 222 Å². The van der Waals surface area contributed by atoms with E-state index >= 15 is 0 Å². The van der Waals surface area contributed by atoms with Crippen LogP contribution in [-0.2, 0) is 30.9 Å². The minimum atomic E-state index is -0.335. The lowest BCUT2D eigenvalue weighted by molar-refractivity contribution is -0.620. The minimum Gasteiger partial charge on any atom is -0.453 e. The van der Waals surface area contributed by atoms with Gasteiger partial charge < -0.3 is 19.4 Å². The Morgan fingerprint density at radius 3 is 2.47 bits per heavy atom. The first-order chi connectivity index (χ1) is 16.9. The van der Waals surface area contributed by atoms with Gasteiger partial charge in [-0.25, -0.2) is 10.1 Å². The first-order valence-corrected chi connectivity index (χ1v) is 11.9. The van der Waals surface area contributed by atoms with Crippen LogP contribution in [0.25, 0.3) is 0 Å². The fourth-order valence-corrected chi connectivity index (χ4v) is 4.29. The van der Waals surface area contributed by atoms with Crippen LogP contribution >= 0.6 is 23.2 Å². The number of rotatable bonds is 7. The van der Waals surface area contributed by atoms with E-state index < -0.39 is 0 Å². The molecular formula is C24H35Cl2N3O7. The first-order valence-electron chi connectivity index (χ1n) is 11.2. The number of nitrogens with zero attached hydrogens (tertiary/aromatic N) is 3. The molecule has 0 spiro atoms. The zero-order valence-electron chi connectivity index (χ0n) is 19.9. The summed E-state index contributed by atoms with van der Waals surface area (Å²) in [5.74, 6) is 5.07. The lowest BCUT2D eigenvalue weighted by Crippen LogP contribution is -2.59. The number of hydrogen-bond acceptors (Lipinski definition) is 8. The third-order valence-electron chi connectivity index (χ3n) is 5.63. The second-order valence-electron chi connectivity index (χ2n) is 7.92. The summed E-state index contributed by atoms with van der Waals surface area (Å²) in [4.78, 5) is 35.0. The Balaban J connectivity index is 0.000000625. The van der Waals surface area contributed by atoms with Crippen LogP contribution < -0.4 is 0 Å². The largest absolute Gasteiger partial charge is 0.453 e. The van der Waals surface area contributed by atoms with Gasteiger partial charge in [0.25, 0.3) is 0 Å². The SMILES string of the molecule is C.CC#CCOOOO.COC(=O)N1CCN(C(=O)Cc2ccc(Cl)c(Cl)c2)C(CN2CCCC2)C1. The summed E-state index contributed by atoms with van der Waals surface area (Å²) in [5, 5.41) is 15.1. The van der Waals surface area contributed by atoms with E-state index in [9.17, 15) is 9.59 Å². The molecule has 12 heteroatoms. The summed E-state index contributed by atoms with van der Waals surface area (Å²) >= 11 is 12.0. The highest BCUT2D eigenvalue weighted by Gasteiger charge is 2.34. The molecule has 2 amide bonds. The van der Waals surface area contributed by atoms with Crippen LogP contribution in [0.4, 0.5) is 4.79 Å². The van der Waals surface area contributed by atoms with Crippen molar-refractivity contribution in [3.63, 3.8) is 0 Å². The van der Waals surface area contributed by atoms with Gasteiger partial charge in [0.1, 0.15) is 6.61 Å². The Kier molecular flexibility index (Phi) is 15.4. The molecule has 1 N–H and O–H groups in total. The van der Waals surface area contributed by atoms with E-state index in [0.717, 1.165) is 25.2 Å². The van der Waals surface area contributed by atoms with Crippen molar-refractivity contribution in [3.8, 4) is 11.8 Å². The van der Waals surface area contributed by atoms with E-state index in [1.165, 1.54) is 20.0 Å². The predicted molar refractivity (Wildman–Crippen MR) is 136 cm³/mol. The van der Waals surface area contributed by atoms with Crippen molar-refractivity contribution in [3.05, 3.63) is 33.8 Å². The van der Waals surface area contributed by atoms with Gasteiger partial charge in [-0.2, -0.15) is 4.89 Å². The van der Waals surface area contributed by atoms with Crippen molar-refractivity contribution in [1.29, 1.82) is 0 Å². The van der Waals surface area contributed by atoms with Crippen LogP contribution in [0.5, 0.6) is 0 Å². The summed E-state index contributed by atoms with van der Waals surface area (Å²) in [6.07, 6.45) is 2.30. The van der Waals surface area contributed by atoms with Crippen molar-refractivity contribution >= 4 is 35.2 Å². The molecule has 1 aromatic rings. The zero-order chi connectivity index (χ0) is 25.6. The second kappa shape index (κ2) is 17.4. The second-order valence-corrected chi connectivity index (χ2v) is 8.74. The molecule has 1 atom stereocenters. The van der Waals surface area contributed by atoms with E-state index in [2.05, 4.69) is 31.7 Å². The Hall–Kier alpha value is -2.10. The van der Waals surface area contributed by atoms with Crippen LogP contribution in [0.2, 0.25) is 10.0 Å². The van der Waals surface area contributed by atoms with Gasteiger partial charge in [0.15, 0.2) is 0 Å². The van der Waals surface area contributed by atoms with Gasteiger partial charge in [0.2, 0.25) is 5.91 Å². The molecule has 10 nitrogen and oxygen atoms in total. The molecule has 0 saturated carbocycles. The monoisotopic (exact) mass is 547 g/mol. The Morgan fingerprint density at radius 1 is 1.14 bits per heavy atom. The first kappa shape index (κ1) is 31.9. The quantitative estimate of drug-likeness (QED) is 0.237. The third-order valence-corrected chi connectivity index (χ3v) is 6.37. The highest BCUT2D eigenvalue weighted by atomic mass is 35.5. The number of ether oxygens (including phenoxy) is 1. The van der Waals surface area contributed by atoms with Crippen molar-refractivity contribution in [2.75, 3.05) is 53.0 Å². The fraction of sp³-hybridized carbons (Fsp3) is 0.583. The predicted octanol–water partition coefficient (Wildman–Crippen LogP) is 3.91. The molecule has 36 heavy (non-hydrogen) atoms. The van der Waals surface area contributed by atoms with Gasteiger partial charge in [-0.1, -0.05) is 42.6 Å². The van der Waals surface area contributed by atoms with Crippen LogP contribution in [0.3, 0.4) is 0 Å². The lowest BCUT2D eigenvalue weighted by atomic mass is 10.1. The summed E-state index contributed by atoms with van der Waals surface area (Å²) in [6, 6.07) is 5.24. The molecule has 202 valence electrons. The Bertz CT molecular complexity index is 888.